The van der Waals surface area contributed by atoms with Gasteiger partial charge >= 0.3 is 0 Å². The number of anilines is 1. The van der Waals surface area contributed by atoms with Crippen LogP contribution in [0.4, 0.5) is 5.69 Å². The Morgan fingerprint density at radius 3 is 2.62 bits per heavy atom. The van der Waals surface area contributed by atoms with E-state index in [0.29, 0.717) is 37.6 Å². The fourth-order valence-electron chi connectivity index (χ4n) is 2.44. The first-order valence-electron chi connectivity index (χ1n) is 7.92. The fourth-order valence-corrected chi connectivity index (χ4v) is 2.44. The summed E-state index contributed by atoms with van der Waals surface area (Å²) in [6.07, 6.45) is 3.56. The molecule has 0 saturated carbocycles. The van der Waals surface area contributed by atoms with Crippen LogP contribution in [0.25, 0.3) is 0 Å². The van der Waals surface area contributed by atoms with Crippen molar-refractivity contribution < 1.29 is 9.53 Å². The lowest BCUT2D eigenvalue weighted by Gasteiger charge is -2.27. The van der Waals surface area contributed by atoms with E-state index in [1.807, 2.05) is 13.8 Å². The minimum absolute atomic E-state index is 0.0121. The van der Waals surface area contributed by atoms with Gasteiger partial charge in [0, 0.05) is 31.4 Å². The molecular formula is C17H24N4O3. The second-order valence-electron chi connectivity index (χ2n) is 5.86. The first-order chi connectivity index (χ1) is 11.4. The Labute approximate surface area is 141 Å². The molecule has 1 aliphatic rings. The number of amides is 1. The molecule has 0 aromatic carbocycles. The number of allylic oxidation sites excluding steroid dienone is 3. The van der Waals surface area contributed by atoms with Crippen molar-refractivity contribution in [2.24, 2.45) is 7.05 Å². The Hall–Kier alpha value is -2.41. The quantitative estimate of drug-likeness (QED) is 0.662. The minimum atomic E-state index is -0.196. The van der Waals surface area contributed by atoms with Crippen LogP contribution >= 0.6 is 0 Å². The molecule has 1 amide bonds. The number of morpholine rings is 1. The summed E-state index contributed by atoms with van der Waals surface area (Å²) < 4.78 is 6.55. The van der Waals surface area contributed by atoms with Crippen LogP contribution in [0, 0.1) is 6.92 Å². The number of carbonyl (C=O) groups is 1. The Morgan fingerprint density at radius 2 is 1.96 bits per heavy atom. The van der Waals surface area contributed by atoms with E-state index in [0.717, 1.165) is 11.4 Å². The second-order valence-corrected chi connectivity index (χ2v) is 5.86. The summed E-state index contributed by atoms with van der Waals surface area (Å²) in [5.74, 6) is 0.0121. The second kappa shape index (κ2) is 7.92. The monoisotopic (exact) mass is 332 g/mol. The summed E-state index contributed by atoms with van der Waals surface area (Å²) in [6, 6.07) is 1.70. The average Bonchev–Trinajstić information content (AvgIpc) is 2.57. The number of aromatic nitrogens is 2. The van der Waals surface area contributed by atoms with E-state index < -0.39 is 0 Å². The summed E-state index contributed by atoms with van der Waals surface area (Å²) in [6.45, 7) is 7.87. The molecule has 0 atom stereocenters. The highest BCUT2D eigenvalue weighted by molar-refractivity contribution is 5.93. The summed E-state index contributed by atoms with van der Waals surface area (Å²) >= 11 is 0. The summed E-state index contributed by atoms with van der Waals surface area (Å²) in [7, 11) is 1.62. The third-order valence-corrected chi connectivity index (χ3v) is 3.74. The van der Waals surface area contributed by atoms with E-state index >= 15 is 0 Å². The van der Waals surface area contributed by atoms with Gasteiger partial charge in [0.1, 0.15) is 5.69 Å². The van der Waals surface area contributed by atoms with Gasteiger partial charge in [0.15, 0.2) is 0 Å². The van der Waals surface area contributed by atoms with Gasteiger partial charge in [-0.1, -0.05) is 6.08 Å². The smallest absolute Gasteiger partial charge is 0.290 e. The lowest BCUT2D eigenvalue weighted by Crippen LogP contribution is -2.41. The van der Waals surface area contributed by atoms with Crippen molar-refractivity contribution in [1.29, 1.82) is 0 Å². The predicted octanol–water partition coefficient (Wildman–Crippen LogP) is 1.21. The fraction of sp³-hybridized carbons (Fsp3) is 0.471. The van der Waals surface area contributed by atoms with Crippen molar-refractivity contribution >= 4 is 11.6 Å². The first kappa shape index (κ1) is 17.9. The Bertz CT molecular complexity index is 728. The van der Waals surface area contributed by atoms with Crippen molar-refractivity contribution in [3.05, 3.63) is 45.5 Å². The number of nitrogens with one attached hydrogen (secondary N) is 1. The lowest BCUT2D eigenvalue weighted by atomic mass is 10.2. The highest BCUT2D eigenvalue weighted by atomic mass is 16.5. The van der Waals surface area contributed by atoms with Gasteiger partial charge in [-0.05, 0) is 32.9 Å². The Morgan fingerprint density at radius 1 is 1.29 bits per heavy atom. The highest BCUT2D eigenvalue weighted by Gasteiger charge is 2.17. The van der Waals surface area contributed by atoms with Crippen molar-refractivity contribution in [3.8, 4) is 0 Å². The number of hydrogen-bond donors (Lipinski definition) is 1. The zero-order chi connectivity index (χ0) is 17.7. The number of rotatable bonds is 4. The largest absolute Gasteiger partial charge is 0.378 e. The summed E-state index contributed by atoms with van der Waals surface area (Å²) in [5.41, 5.74) is 2.44. The van der Waals surface area contributed by atoms with Crippen molar-refractivity contribution in [2.75, 3.05) is 31.6 Å². The SMILES string of the molecule is C/C(=C\C=C(/C)C(=O)N1CCOCC1)Nc1cc(C)nn(C)c1=O. The molecule has 7 heteroatoms. The van der Waals surface area contributed by atoms with Crippen LogP contribution in [0.2, 0.25) is 0 Å². The molecule has 1 aromatic heterocycles. The standard InChI is InChI=1S/C17H24N4O3/c1-12(16(22)21-7-9-24-10-8-21)5-6-13(2)18-15-11-14(3)19-20(4)17(15)23/h5-6,11,18H,7-10H2,1-4H3/b12-5+,13-6+. The predicted molar refractivity (Wildman–Crippen MR) is 92.8 cm³/mol. The van der Waals surface area contributed by atoms with Crippen molar-refractivity contribution in [3.63, 3.8) is 0 Å². The number of hydrogen-bond acceptors (Lipinski definition) is 5. The normalized spacial score (nSPS) is 16.2. The molecule has 0 unspecified atom stereocenters. The Kier molecular flexibility index (Phi) is 5.92. The maximum Gasteiger partial charge on any atom is 0.290 e. The van der Waals surface area contributed by atoms with Gasteiger partial charge < -0.3 is 15.0 Å². The highest BCUT2D eigenvalue weighted by Crippen LogP contribution is 2.08. The summed E-state index contributed by atoms with van der Waals surface area (Å²) in [5, 5.41) is 7.13. The minimum Gasteiger partial charge on any atom is -0.378 e. The molecule has 1 saturated heterocycles. The zero-order valence-electron chi connectivity index (χ0n) is 14.6. The first-order valence-corrected chi connectivity index (χ1v) is 7.92. The number of nitrogens with zero attached hydrogens (tertiary/aromatic N) is 3. The van der Waals surface area contributed by atoms with E-state index in [1.165, 1.54) is 4.68 Å². The molecule has 1 aromatic rings. The molecule has 0 spiro atoms. The molecule has 130 valence electrons. The third kappa shape index (κ3) is 4.55. The van der Waals surface area contributed by atoms with Gasteiger partial charge in [-0.2, -0.15) is 5.10 Å². The molecule has 7 nitrogen and oxygen atoms in total. The maximum absolute atomic E-state index is 12.3. The van der Waals surface area contributed by atoms with Crippen LogP contribution in [0.3, 0.4) is 0 Å². The third-order valence-electron chi connectivity index (χ3n) is 3.74. The maximum atomic E-state index is 12.3. The number of carbonyl (C=O) groups excluding carboxylic acids is 1. The molecule has 24 heavy (non-hydrogen) atoms. The topological polar surface area (TPSA) is 76.5 Å². The number of aryl methyl sites for hydroxylation is 2. The van der Waals surface area contributed by atoms with Crippen molar-refractivity contribution in [1.82, 2.24) is 14.7 Å². The van der Waals surface area contributed by atoms with Crippen LogP contribution in [0.15, 0.2) is 34.3 Å². The molecule has 2 rings (SSSR count). The molecule has 1 aliphatic heterocycles. The van der Waals surface area contributed by atoms with Gasteiger partial charge in [-0.25, -0.2) is 4.68 Å². The molecule has 0 bridgehead atoms. The molecule has 2 heterocycles. The van der Waals surface area contributed by atoms with Gasteiger partial charge in [0.2, 0.25) is 5.91 Å². The summed E-state index contributed by atoms with van der Waals surface area (Å²) in [4.78, 5) is 26.1. The van der Waals surface area contributed by atoms with Crippen LogP contribution in [0.5, 0.6) is 0 Å². The van der Waals surface area contributed by atoms with E-state index in [4.69, 9.17) is 4.74 Å². The molecule has 1 N–H and O–H groups in total. The number of ether oxygens (including phenoxy) is 1. The van der Waals surface area contributed by atoms with Gasteiger partial charge in [0.25, 0.3) is 5.56 Å². The molecule has 0 aliphatic carbocycles. The lowest BCUT2D eigenvalue weighted by molar-refractivity contribution is -0.131. The van der Waals surface area contributed by atoms with Gasteiger partial charge in [0.05, 0.1) is 18.9 Å². The van der Waals surface area contributed by atoms with Crippen LogP contribution in [-0.4, -0.2) is 46.9 Å². The van der Waals surface area contributed by atoms with E-state index in [2.05, 4.69) is 10.4 Å². The molecule has 1 fully saturated rings. The van der Waals surface area contributed by atoms with Gasteiger partial charge in [-0.3, -0.25) is 9.59 Å². The molecular weight excluding hydrogens is 308 g/mol. The van der Waals surface area contributed by atoms with Crippen LogP contribution < -0.4 is 10.9 Å². The van der Waals surface area contributed by atoms with Crippen LogP contribution in [0.1, 0.15) is 19.5 Å². The molecule has 0 radical (unpaired) electrons. The van der Waals surface area contributed by atoms with E-state index in [1.54, 1.807) is 37.1 Å². The van der Waals surface area contributed by atoms with Gasteiger partial charge in [-0.15, -0.1) is 0 Å². The zero-order valence-corrected chi connectivity index (χ0v) is 14.6. The Balaban J connectivity index is 2.07. The van der Waals surface area contributed by atoms with E-state index in [9.17, 15) is 9.59 Å². The van der Waals surface area contributed by atoms with Crippen LogP contribution in [-0.2, 0) is 16.6 Å². The van der Waals surface area contributed by atoms with Crippen molar-refractivity contribution in [2.45, 2.75) is 20.8 Å². The van der Waals surface area contributed by atoms with E-state index in [-0.39, 0.29) is 11.5 Å². The average molecular weight is 332 g/mol.